The molecule has 13 heavy (non-hydrogen) atoms. The zero-order chi connectivity index (χ0) is 10.0. The number of rotatable bonds is 2. The molecule has 0 saturated carbocycles. The van der Waals surface area contributed by atoms with Crippen molar-refractivity contribution in [1.82, 2.24) is 0 Å². The average molecular weight is 206 g/mol. The molecule has 0 bridgehead atoms. The van der Waals surface area contributed by atoms with Crippen molar-refractivity contribution >= 4 is 11.6 Å². The second-order valence-corrected chi connectivity index (χ2v) is 3.31. The second-order valence-electron chi connectivity index (χ2n) is 2.93. The molecular weight excluding hydrogens is 196 g/mol. The highest BCUT2D eigenvalue weighted by atomic mass is 35.5. The highest BCUT2D eigenvalue weighted by molar-refractivity contribution is 6.31. The predicted molar refractivity (Wildman–Crippen MR) is 48.8 cm³/mol. The summed E-state index contributed by atoms with van der Waals surface area (Å²) < 4.78 is 25.7. The maximum atomic E-state index is 12.9. The molecule has 1 aromatic carbocycles. The van der Waals surface area contributed by atoms with Gasteiger partial charge in [-0.1, -0.05) is 18.5 Å². The molecule has 0 aliphatic rings. The first-order valence-corrected chi connectivity index (χ1v) is 4.28. The van der Waals surface area contributed by atoms with E-state index in [0.29, 0.717) is 12.1 Å². The van der Waals surface area contributed by atoms with Crippen molar-refractivity contribution in [1.29, 1.82) is 0 Å². The molecule has 0 aromatic heterocycles. The first-order valence-electron chi connectivity index (χ1n) is 3.90. The quantitative estimate of drug-likeness (QED) is 0.739. The van der Waals surface area contributed by atoms with Crippen LogP contribution in [0, 0.1) is 11.6 Å². The Morgan fingerprint density at radius 2 is 2.08 bits per heavy atom. The van der Waals surface area contributed by atoms with Crippen molar-refractivity contribution in [2.75, 3.05) is 6.54 Å². The summed E-state index contributed by atoms with van der Waals surface area (Å²) in [6.07, 6.45) is 0. The Balaban J connectivity index is 3.20. The molecule has 0 fully saturated rings. The summed E-state index contributed by atoms with van der Waals surface area (Å²) in [6, 6.07) is 1.97. The van der Waals surface area contributed by atoms with E-state index in [1.54, 1.807) is 6.92 Å². The van der Waals surface area contributed by atoms with Crippen molar-refractivity contribution < 1.29 is 8.78 Å². The average Bonchev–Trinajstić information content (AvgIpc) is 2.10. The van der Waals surface area contributed by atoms with Gasteiger partial charge in [-0.25, -0.2) is 8.78 Å². The Labute approximate surface area is 80.5 Å². The smallest absolute Gasteiger partial charge is 0.144 e. The number of hydrogen-bond acceptors (Lipinski definition) is 1. The van der Waals surface area contributed by atoms with Crippen LogP contribution in [0.5, 0.6) is 0 Å². The lowest BCUT2D eigenvalue weighted by Gasteiger charge is -2.11. The number of halogens is 3. The van der Waals surface area contributed by atoms with Crippen LogP contribution in [0.1, 0.15) is 18.4 Å². The summed E-state index contributed by atoms with van der Waals surface area (Å²) in [5, 5.41) is -0.0423. The number of hydrogen-bond donors (Lipinski definition) is 1. The van der Waals surface area contributed by atoms with Gasteiger partial charge in [0.2, 0.25) is 0 Å². The molecule has 2 N–H and O–H groups in total. The minimum Gasteiger partial charge on any atom is -0.330 e. The summed E-state index contributed by atoms with van der Waals surface area (Å²) in [6.45, 7) is 2.07. The van der Waals surface area contributed by atoms with Gasteiger partial charge in [0.1, 0.15) is 11.6 Å². The Kier molecular flexibility index (Phi) is 3.22. The molecule has 4 heteroatoms. The molecule has 0 radical (unpaired) electrons. The van der Waals surface area contributed by atoms with Crippen LogP contribution in [0.3, 0.4) is 0 Å². The van der Waals surface area contributed by atoms with E-state index in [4.69, 9.17) is 17.3 Å². The maximum Gasteiger partial charge on any atom is 0.144 e. The van der Waals surface area contributed by atoms with E-state index in [1.807, 2.05) is 0 Å². The van der Waals surface area contributed by atoms with Crippen LogP contribution in [0.25, 0.3) is 0 Å². The fourth-order valence-corrected chi connectivity index (χ4v) is 1.36. The van der Waals surface area contributed by atoms with Gasteiger partial charge in [0, 0.05) is 6.07 Å². The maximum absolute atomic E-state index is 12.9. The van der Waals surface area contributed by atoms with Gasteiger partial charge in [-0.05, 0) is 24.1 Å². The third-order valence-corrected chi connectivity index (χ3v) is 2.30. The molecule has 0 aliphatic carbocycles. The predicted octanol–water partition coefficient (Wildman–Crippen LogP) is 2.68. The highest BCUT2D eigenvalue weighted by Gasteiger charge is 2.13. The van der Waals surface area contributed by atoms with E-state index in [9.17, 15) is 8.78 Å². The van der Waals surface area contributed by atoms with Crippen molar-refractivity contribution in [2.45, 2.75) is 12.8 Å². The molecule has 1 aromatic rings. The number of nitrogens with two attached hydrogens (primary N) is 1. The van der Waals surface area contributed by atoms with Crippen molar-refractivity contribution in [3.05, 3.63) is 34.4 Å². The van der Waals surface area contributed by atoms with E-state index in [2.05, 4.69) is 0 Å². The molecule has 1 unspecified atom stereocenters. The molecule has 0 aliphatic heterocycles. The largest absolute Gasteiger partial charge is 0.330 e. The van der Waals surface area contributed by atoms with Crippen LogP contribution in [0.4, 0.5) is 8.78 Å². The zero-order valence-corrected chi connectivity index (χ0v) is 7.91. The fraction of sp³-hybridized carbons (Fsp3) is 0.333. The van der Waals surface area contributed by atoms with Gasteiger partial charge in [0.25, 0.3) is 0 Å². The summed E-state index contributed by atoms with van der Waals surface area (Å²) in [4.78, 5) is 0. The van der Waals surface area contributed by atoms with Crippen LogP contribution >= 0.6 is 11.6 Å². The molecule has 1 nitrogen and oxygen atoms in total. The highest BCUT2D eigenvalue weighted by Crippen LogP contribution is 2.27. The van der Waals surface area contributed by atoms with Crippen LogP contribution in [0.2, 0.25) is 5.02 Å². The molecule has 1 rings (SSSR count). The van der Waals surface area contributed by atoms with Gasteiger partial charge in [-0.2, -0.15) is 0 Å². The SMILES string of the molecule is CC(CN)c1cc(F)cc(F)c1Cl. The van der Waals surface area contributed by atoms with Crippen molar-refractivity contribution in [2.24, 2.45) is 5.73 Å². The van der Waals surface area contributed by atoms with E-state index in [1.165, 1.54) is 6.07 Å². The Hall–Kier alpha value is -0.670. The zero-order valence-electron chi connectivity index (χ0n) is 7.15. The van der Waals surface area contributed by atoms with E-state index in [0.717, 1.165) is 6.07 Å². The summed E-state index contributed by atoms with van der Waals surface area (Å²) >= 11 is 5.64. The van der Waals surface area contributed by atoms with Crippen LogP contribution in [-0.2, 0) is 0 Å². The second kappa shape index (κ2) is 4.03. The minimum absolute atomic E-state index is 0.0423. The normalized spacial score (nSPS) is 13.0. The topological polar surface area (TPSA) is 26.0 Å². The van der Waals surface area contributed by atoms with Gasteiger partial charge >= 0.3 is 0 Å². The van der Waals surface area contributed by atoms with Gasteiger partial charge in [0.05, 0.1) is 5.02 Å². The Morgan fingerprint density at radius 1 is 1.46 bits per heavy atom. The third-order valence-electron chi connectivity index (χ3n) is 1.91. The minimum atomic E-state index is -0.739. The van der Waals surface area contributed by atoms with Crippen molar-refractivity contribution in [3.8, 4) is 0 Å². The van der Waals surface area contributed by atoms with Gasteiger partial charge < -0.3 is 5.73 Å². The van der Waals surface area contributed by atoms with E-state index >= 15 is 0 Å². The van der Waals surface area contributed by atoms with Gasteiger partial charge in [-0.15, -0.1) is 0 Å². The summed E-state index contributed by atoms with van der Waals surface area (Å²) in [7, 11) is 0. The Morgan fingerprint density at radius 3 is 2.62 bits per heavy atom. The monoisotopic (exact) mass is 205 g/mol. The lowest BCUT2D eigenvalue weighted by Crippen LogP contribution is -2.10. The van der Waals surface area contributed by atoms with E-state index in [-0.39, 0.29) is 10.9 Å². The summed E-state index contributed by atoms with van der Waals surface area (Å²) in [5.74, 6) is -1.51. The lowest BCUT2D eigenvalue weighted by molar-refractivity contribution is 0.576. The fourth-order valence-electron chi connectivity index (χ4n) is 1.06. The molecule has 1 atom stereocenters. The molecule has 0 saturated heterocycles. The standard InChI is InChI=1S/C9H10ClF2N/c1-5(4-13)7-2-6(11)3-8(12)9(7)10/h2-3,5H,4,13H2,1H3. The molecule has 0 heterocycles. The van der Waals surface area contributed by atoms with Crippen LogP contribution < -0.4 is 5.73 Å². The first-order chi connectivity index (χ1) is 6.06. The number of benzene rings is 1. The van der Waals surface area contributed by atoms with Gasteiger partial charge in [0.15, 0.2) is 0 Å². The van der Waals surface area contributed by atoms with Gasteiger partial charge in [-0.3, -0.25) is 0 Å². The Bertz CT molecular complexity index is 315. The lowest BCUT2D eigenvalue weighted by atomic mass is 10.0. The molecular formula is C9H10ClF2N. The van der Waals surface area contributed by atoms with Crippen LogP contribution in [0.15, 0.2) is 12.1 Å². The summed E-state index contributed by atoms with van der Waals surface area (Å²) in [5.41, 5.74) is 5.79. The first kappa shape index (κ1) is 10.4. The molecule has 0 amide bonds. The van der Waals surface area contributed by atoms with E-state index < -0.39 is 11.6 Å². The molecule has 0 spiro atoms. The van der Waals surface area contributed by atoms with Crippen molar-refractivity contribution in [3.63, 3.8) is 0 Å². The third kappa shape index (κ3) is 2.17. The molecule has 72 valence electrons. The van der Waals surface area contributed by atoms with Crippen LogP contribution in [-0.4, -0.2) is 6.54 Å².